The van der Waals surface area contributed by atoms with Crippen LogP contribution in [0.4, 0.5) is 5.69 Å². The van der Waals surface area contributed by atoms with E-state index in [2.05, 4.69) is 27.8 Å². The van der Waals surface area contributed by atoms with Gasteiger partial charge in [0.25, 0.3) is 5.91 Å². The Bertz CT molecular complexity index is 593. The number of hydrogen-bond donors (Lipinski definition) is 2. The summed E-state index contributed by atoms with van der Waals surface area (Å²) in [6.45, 7) is 3.48. The van der Waals surface area contributed by atoms with Gasteiger partial charge in [-0.1, -0.05) is 19.1 Å². The van der Waals surface area contributed by atoms with E-state index in [-0.39, 0.29) is 5.91 Å². The third-order valence-electron chi connectivity index (χ3n) is 3.18. The van der Waals surface area contributed by atoms with Crippen molar-refractivity contribution < 1.29 is 4.79 Å². The summed E-state index contributed by atoms with van der Waals surface area (Å²) in [5.74, 6) is 0.782. The van der Waals surface area contributed by atoms with E-state index in [4.69, 9.17) is 0 Å². The molecule has 0 saturated carbocycles. The molecule has 2 aromatic rings. The number of aryl methyl sites for hydroxylation is 1. The van der Waals surface area contributed by atoms with Gasteiger partial charge in [0, 0.05) is 32.2 Å². The molecule has 0 spiro atoms. The Kier molecular flexibility index (Phi) is 5.31. The maximum atomic E-state index is 12.2. The van der Waals surface area contributed by atoms with Gasteiger partial charge < -0.3 is 15.2 Å². The molecule has 0 atom stereocenters. The Morgan fingerprint density at radius 2 is 2.10 bits per heavy atom. The predicted octanol–water partition coefficient (Wildman–Crippen LogP) is 1.61. The van der Waals surface area contributed by atoms with Crippen LogP contribution in [-0.4, -0.2) is 33.8 Å². The van der Waals surface area contributed by atoms with Crippen molar-refractivity contribution in [1.82, 2.24) is 20.1 Å². The van der Waals surface area contributed by atoms with E-state index in [1.165, 1.54) is 0 Å². The van der Waals surface area contributed by atoms with Gasteiger partial charge in [-0.2, -0.15) is 0 Å². The van der Waals surface area contributed by atoms with Gasteiger partial charge in [-0.3, -0.25) is 4.79 Å². The van der Waals surface area contributed by atoms with Crippen molar-refractivity contribution in [2.45, 2.75) is 19.8 Å². The van der Waals surface area contributed by atoms with Gasteiger partial charge in [-0.25, -0.2) is 0 Å². The van der Waals surface area contributed by atoms with E-state index in [9.17, 15) is 4.79 Å². The highest BCUT2D eigenvalue weighted by Gasteiger charge is 2.10. The maximum Gasteiger partial charge on any atom is 0.253 e. The van der Waals surface area contributed by atoms with Gasteiger partial charge in [-0.15, -0.1) is 10.2 Å². The molecule has 0 fully saturated rings. The van der Waals surface area contributed by atoms with E-state index in [0.717, 1.165) is 24.5 Å². The predicted molar refractivity (Wildman–Crippen MR) is 82.3 cm³/mol. The fourth-order valence-corrected chi connectivity index (χ4v) is 2.01. The maximum absolute atomic E-state index is 12.2. The van der Waals surface area contributed by atoms with E-state index >= 15 is 0 Å². The summed E-state index contributed by atoms with van der Waals surface area (Å²) in [5.41, 5.74) is 1.54. The van der Waals surface area contributed by atoms with Crippen LogP contribution in [0, 0.1) is 0 Å². The van der Waals surface area contributed by atoms with Crippen LogP contribution < -0.4 is 10.6 Å². The topological polar surface area (TPSA) is 71.8 Å². The molecule has 21 heavy (non-hydrogen) atoms. The summed E-state index contributed by atoms with van der Waals surface area (Å²) in [6, 6.07) is 7.55. The minimum atomic E-state index is -0.0728. The summed E-state index contributed by atoms with van der Waals surface area (Å²) < 4.78 is 1.85. The number of nitrogens with one attached hydrogen (secondary N) is 2. The van der Waals surface area contributed by atoms with E-state index < -0.39 is 0 Å². The van der Waals surface area contributed by atoms with Crippen molar-refractivity contribution in [3.63, 3.8) is 0 Å². The molecule has 0 bridgehead atoms. The van der Waals surface area contributed by atoms with Crippen molar-refractivity contribution in [2.24, 2.45) is 7.05 Å². The standard InChI is InChI=1S/C15H21N5O/c1-3-9-16-13-7-5-4-6-12(13)15(21)17-10-8-14-19-18-11-20(14)2/h4-7,11,16H,3,8-10H2,1-2H3,(H,17,21). The normalized spacial score (nSPS) is 10.4. The molecule has 1 aromatic carbocycles. The summed E-state index contributed by atoms with van der Waals surface area (Å²) in [4.78, 5) is 12.2. The van der Waals surface area contributed by atoms with Crippen LogP contribution >= 0.6 is 0 Å². The SMILES string of the molecule is CCCNc1ccccc1C(=O)NCCc1nncn1C. The van der Waals surface area contributed by atoms with Crippen LogP contribution in [0.3, 0.4) is 0 Å². The zero-order chi connectivity index (χ0) is 15.1. The number of nitrogens with zero attached hydrogens (tertiary/aromatic N) is 3. The molecule has 0 saturated heterocycles. The Labute approximate surface area is 124 Å². The highest BCUT2D eigenvalue weighted by Crippen LogP contribution is 2.14. The van der Waals surface area contributed by atoms with Crippen molar-refractivity contribution in [2.75, 3.05) is 18.4 Å². The van der Waals surface area contributed by atoms with Crippen LogP contribution in [0.2, 0.25) is 0 Å². The van der Waals surface area contributed by atoms with Crippen LogP contribution in [-0.2, 0) is 13.5 Å². The third-order valence-corrected chi connectivity index (χ3v) is 3.18. The fraction of sp³-hybridized carbons (Fsp3) is 0.400. The minimum absolute atomic E-state index is 0.0728. The lowest BCUT2D eigenvalue weighted by Gasteiger charge is -2.11. The number of amides is 1. The summed E-state index contributed by atoms with van der Waals surface area (Å²) in [5, 5.41) is 14.0. The van der Waals surface area contributed by atoms with Gasteiger partial charge in [0.15, 0.2) is 0 Å². The Morgan fingerprint density at radius 3 is 2.81 bits per heavy atom. The number of para-hydroxylation sites is 1. The number of rotatable bonds is 7. The molecule has 6 nitrogen and oxygen atoms in total. The van der Waals surface area contributed by atoms with Crippen molar-refractivity contribution in [3.05, 3.63) is 42.0 Å². The molecule has 1 amide bonds. The largest absolute Gasteiger partial charge is 0.384 e. The molecular formula is C15H21N5O. The van der Waals surface area contributed by atoms with Crippen molar-refractivity contribution in [1.29, 1.82) is 0 Å². The molecular weight excluding hydrogens is 266 g/mol. The number of aromatic nitrogens is 3. The molecule has 0 aliphatic carbocycles. The van der Waals surface area contributed by atoms with Crippen molar-refractivity contribution >= 4 is 11.6 Å². The lowest BCUT2D eigenvalue weighted by molar-refractivity contribution is 0.0954. The lowest BCUT2D eigenvalue weighted by atomic mass is 10.1. The Morgan fingerprint density at radius 1 is 1.29 bits per heavy atom. The Hall–Kier alpha value is -2.37. The smallest absolute Gasteiger partial charge is 0.253 e. The highest BCUT2D eigenvalue weighted by atomic mass is 16.1. The fourth-order valence-electron chi connectivity index (χ4n) is 2.01. The molecule has 0 aliphatic heterocycles. The zero-order valence-corrected chi connectivity index (χ0v) is 12.5. The number of hydrogen-bond acceptors (Lipinski definition) is 4. The molecule has 2 N–H and O–H groups in total. The average Bonchev–Trinajstić information content (AvgIpc) is 2.91. The zero-order valence-electron chi connectivity index (χ0n) is 12.5. The molecule has 1 heterocycles. The first-order valence-electron chi connectivity index (χ1n) is 7.16. The molecule has 0 unspecified atom stereocenters. The molecule has 0 aliphatic rings. The number of anilines is 1. The quantitative estimate of drug-likeness (QED) is 0.811. The molecule has 0 radical (unpaired) electrons. The molecule has 6 heteroatoms. The van der Waals surface area contributed by atoms with Gasteiger partial charge in [0.2, 0.25) is 0 Å². The average molecular weight is 287 g/mol. The first-order chi connectivity index (χ1) is 10.2. The van der Waals surface area contributed by atoms with Crippen LogP contribution in [0.5, 0.6) is 0 Å². The number of benzene rings is 1. The second kappa shape index (κ2) is 7.42. The molecule has 1 aromatic heterocycles. The monoisotopic (exact) mass is 287 g/mol. The number of carbonyl (C=O) groups excluding carboxylic acids is 1. The van der Waals surface area contributed by atoms with Crippen LogP contribution in [0.1, 0.15) is 29.5 Å². The van der Waals surface area contributed by atoms with Crippen molar-refractivity contribution in [3.8, 4) is 0 Å². The van der Waals surface area contributed by atoms with Crippen LogP contribution in [0.25, 0.3) is 0 Å². The van der Waals surface area contributed by atoms with Gasteiger partial charge in [-0.05, 0) is 18.6 Å². The summed E-state index contributed by atoms with van der Waals surface area (Å²) in [6.07, 6.45) is 3.33. The summed E-state index contributed by atoms with van der Waals surface area (Å²) in [7, 11) is 1.89. The van der Waals surface area contributed by atoms with E-state index in [1.807, 2.05) is 35.9 Å². The van der Waals surface area contributed by atoms with Gasteiger partial charge in [0.05, 0.1) is 5.56 Å². The highest BCUT2D eigenvalue weighted by molar-refractivity contribution is 5.99. The number of carbonyl (C=O) groups is 1. The first kappa shape index (κ1) is 15.0. The first-order valence-corrected chi connectivity index (χ1v) is 7.16. The molecule has 112 valence electrons. The van der Waals surface area contributed by atoms with Gasteiger partial charge in [0.1, 0.15) is 12.2 Å². The van der Waals surface area contributed by atoms with Crippen LogP contribution in [0.15, 0.2) is 30.6 Å². The molecule has 2 rings (SSSR count). The third kappa shape index (κ3) is 4.05. The Balaban J connectivity index is 1.92. The van der Waals surface area contributed by atoms with E-state index in [1.54, 1.807) is 6.33 Å². The second-order valence-electron chi connectivity index (χ2n) is 4.84. The van der Waals surface area contributed by atoms with E-state index in [0.29, 0.717) is 18.5 Å². The lowest BCUT2D eigenvalue weighted by Crippen LogP contribution is -2.27. The summed E-state index contributed by atoms with van der Waals surface area (Å²) >= 11 is 0. The second-order valence-corrected chi connectivity index (χ2v) is 4.84. The minimum Gasteiger partial charge on any atom is -0.384 e. The van der Waals surface area contributed by atoms with Gasteiger partial charge >= 0.3 is 0 Å².